The van der Waals surface area contributed by atoms with E-state index in [-0.39, 0.29) is 43.1 Å². The Balaban J connectivity index is 1.24. The van der Waals surface area contributed by atoms with Crippen molar-refractivity contribution < 1.29 is 29.3 Å². The van der Waals surface area contributed by atoms with E-state index in [0.29, 0.717) is 13.1 Å². The summed E-state index contributed by atoms with van der Waals surface area (Å²) in [4.78, 5) is 38.8. The van der Waals surface area contributed by atoms with E-state index in [9.17, 15) is 19.5 Å². The maximum Gasteiger partial charge on any atom is 0.407 e. The van der Waals surface area contributed by atoms with Crippen LogP contribution in [0.5, 0.6) is 0 Å². The number of aliphatic carboxylic acids is 1. The molecule has 0 radical (unpaired) electrons. The van der Waals surface area contributed by atoms with Crippen molar-refractivity contribution in [3.8, 4) is 11.1 Å². The molecule has 3 aliphatic rings. The monoisotopic (exact) mass is 478 g/mol. The van der Waals surface area contributed by atoms with Gasteiger partial charge >= 0.3 is 12.1 Å². The Kier molecular flexibility index (Phi) is 6.47. The van der Waals surface area contributed by atoms with Crippen LogP contribution in [-0.2, 0) is 14.3 Å². The minimum absolute atomic E-state index is 0.0211. The van der Waals surface area contributed by atoms with Crippen LogP contribution in [0.3, 0.4) is 0 Å². The van der Waals surface area contributed by atoms with Crippen LogP contribution in [0.2, 0.25) is 0 Å². The molecule has 2 fully saturated rings. The number of nitrogens with one attached hydrogen (secondary N) is 1. The molecule has 1 saturated carbocycles. The topological polar surface area (TPSA) is 116 Å². The Bertz CT molecular complexity index is 1090. The van der Waals surface area contributed by atoms with Crippen molar-refractivity contribution in [2.45, 2.75) is 43.7 Å². The van der Waals surface area contributed by atoms with Crippen LogP contribution in [-0.4, -0.2) is 64.9 Å². The third-order valence-corrected chi connectivity index (χ3v) is 7.71. The first-order valence-electron chi connectivity index (χ1n) is 12.2. The molecule has 0 aromatic heterocycles. The first kappa shape index (κ1) is 23.4. The maximum absolute atomic E-state index is 13.2. The summed E-state index contributed by atoms with van der Waals surface area (Å²) >= 11 is 0. The number of fused-ring (bicyclic) bond motifs is 4. The van der Waals surface area contributed by atoms with E-state index in [1.54, 1.807) is 4.90 Å². The summed E-state index contributed by atoms with van der Waals surface area (Å²) in [5, 5.41) is 21.9. The van der Waals surface area contributed by atoms with Gasteiger partial charge in [0.2, 0.25) is 5.91 Å². The molecule has 2 amide bonds. The van der Waals surface area contributed by atoms with Gasteiger partial charge < -0.3 is 25.2 Å². The Labute approximate surface area is 203 Å². The highest BCUT2D eigenvalue weighted by atomic mass is 16.5. The van der Waals surface area contributed by atoms with Crippen molar-refractivity contribution in [3.63, 3.8) is 0 Å². The van der Waals surface area contributed by atoms with E-state index >= 15 is 0 Å². The molecule has 0 bridgehead atoms. The Hall–Kier alpha value is -3.39. The van der Waals surface area contributed by atoms with Gasteiger partial charge in [0.1, 0.15) is 12.6 Å². The summed E-state index contributed by atoms with van der Waals surface area (Å²) in [6, 6.07) is 15.1. The number of carbonyl (C=O) groups is 3. The summed E-state index contributed by atoms with van der Waals surface area (Å²) in [6.07, 6.45) is 0.198. The average Bonchev–Trinajstić information content (AvgIpc) is 3.52. The van der Waals surface area contributed by atoms with E-state index in [2.05, 4.69) is 17.4 Å². The molecule has 2 aromatic rings. The number of likely N-dealkylation sites (tertiary alicyclic amines) is 1. The number of hydrogen-bond donors (Lipinski definition) is 3. The number of ether oxygens (including phenoxy) is 1. The quantitative estimate of drug-likeness (QED) is 0.563. The number of carboxylic acids is 1. The lowest BCUT2D eigenvalue weighted by Gasteiger charge is -2.25. The van der Waals surface area contributed by atoms with E-state index in [1.165, 1.54) is 0 Å². The van der Waals surface area contributed by atoms with Crippen LogP contribution in [0, 0.1) is 11.8 Å². The van der Waals surface area contributed by atoms with E-state index < -0.39 is 24.2 Å². The first-order valence-corrected chi connectivity index (χ1v) is 12.2. The number of benzene rings is 2. The molecule has 0 spiro atoms. The van der Waals surface area contributed by atoms with E-state index in [4.69, 9.17) is 9.84 Å². The minimum Gasteiger partial charge on any atom is -0.481 e. The first-order chi connectivity index (χ1) is 16.9. The smallest absolute Gasteiger partial charge is 0.407 e. The van der Waals surface area contributed by atoms with Crippen molar-refractivity contribution >= 4 is 18.0 Å². The maximum atomic E-state index is 13.2. The van der Waals surface area contributed by atoms with Crippen LogP contribution in [0.15, 0.2) is 48.5 Å². The van der Waals surface area contributed by atoms with Gasteiger partial charge in [-0.15, -0.1) is 0 Å². The molecule has 8 nitrogen and oxygen atoms in total. The number of hydrogen-bond acceptors (Lipinski definition) is 5. The molecule has 5 rings (SSSR count). The standard InChI is InChI=1S/C27H30N2O6/c30-24-11-9-16-13-29(14-21(16)24)26(33)23(10-12-25(31)32)28-27(34)35-15-22-19-7-3-1-5-17(19)18-6-2-4-8-20(18)22/h1-8,16,21-24,30H,9-15H2,(H,28,34)(H,31,32)/t16-,21+,23?,24?/m1/s1. The number of carboxylic acid groups (broad SMARTS) is 1. The fraction of sp³-hybridized carbons (Fsp3) is 0.444. The van der Waals surface area contributed by atoms with Gasteiger partial charge in [-0.25, -0.2) is 4.79 Å². The Morgan fingerprint density at radius 2 is 1.66 bits per heavy atom. The molecule has 3 N–H and O–H groups in total. The number of rotatable bonds is 7. The molecular weight excluding hydrogens is 448 g/mol. The molecule has 2 aromatic carbocycles. The van der Waals surface area contributed by atoms with Crippen molar-refractivity contribution in [2.75, 3.05) is 19.7 Å². The third kappa shape index (κ3) is 4.62. The summed E-state index contributed by atoms with van der Waals surface area (Å²) in [5.74, 6) is -1.16. The summed E-state index contributed by atoms with van der Waals surface area (Å²) in [7, 11) is 0. The summed E-state index contributed by atoms with van der Waals surface area (Å²) in [6.45, 7) is 1.07. The van der Waals surface area contributed by atoms with Gasteiger partial charge in [0.05, 0.1) is 6.10 Å². The zero-order chi connectivity index (χ0) is 24.5. The Morgan fingerprint density at radius 3 is 2.29 bits per heavy atom. The number of aliphatic hydroxyl groups excluding tert-OH is 1. The highest BCUT2D eigenvalue weighted by Crippen LogP contribution is 2.44. The van der Waals surface area contributed by atoms with Gasteiger partial charge in [0.15, 0.2) is 0 Å². The summed E-state index contributed by atoms with van der Waals surface area (Å²) < 4.78 is 5.57. The Morgan fingerprint density at radius 1 is 1.00 bits per heavy atom. The van der Waals surface area contributed by atoms with Gasteiger partial charge in [0.25, 0.3) is 0 Å². The van der Waals surface area contributed by atoms with Crippen molar-refractivity contribution in [2.24, 2.45) is 11.8 Å². The van der Waals surface area contributed by atoms with Gasteiger partial charge in [-0.2, -0.15) is 0 Å². The minimum atomic E-state index is -1.04. The normalized spacial score (nSPS) is 23.3. The zero-order valence-electron chi connectivity index (χ0n) is 19.4. The highest BCUT2D eigenvalue weighted by Gasteiger charge is 2.44. The van der Waals surface area contributed by atoms with Gasteiger partial charge in [-0.1, -0.05) is 48.5 Å². The fourth-order valence-electron chi connectivity index (χ4n) is 5.94. The van der Waals surface area contributed by atoms with Crippen molar-refractivity contribution in [1.82, 2.24) is 10.2 Å². The summed E-state index contributed by atoms with van der Waals surface area (Å²) in [5.41, 5.74) is 4.41. The number of alkyl carbamates (subject to hydrolysis) is 1. The van der Waals surface area contributed by atoms with Crippen LogP contribution in [0.25, 0.3) is 11.1 Å². The molecule has 1 saturated heterocycles. The molecule has 2 unspecified atom stereocenters. The third-order valence-electron chi connectivity index (χ3n) is 7.71. The lowest BCUT2D eigenvalue weighted by molar-refractivity contribution is -0.138. The second-order valence-corrected chi connectivity index (χ2v) is 9.77. The second kappa shape index (κ2) is 9.70. The molecule has 1 aliphatic heterocycles. The molecule has 4 atom stereocenters. The van der Waals surface area contributed by atoms with Crippen LogP contribution in [0.4, 0.5) is 4.79 Å². The predicted octanol–water partition coefficient (Wildman–Crippen LogP) is 2.99. The molecule has 8 heteroatoms. The van der Waals surface area contributed by atoms with Crippen molar-refractivity contribution in [1.29, 1.82) is 0 Å². The van der Waals surface area contributed by atoms with Gasteiger partial charge in [0, 0.05) is 31.3 Å². The van der Waals surface area contributed by atoms with Crippen LogP contribution >= 0.6 is 0 Å². The number of nitrogens with zero attached hydrogens (tertiary/aromatic N) is 1. The molecule has 1 heterocycles. The molecule has 184 valence electrons. The van der Waals surface area contributed by atoms with Crippen LogP contribution in [0.1, 0.15) is 42.7 Å². The van der Waals surface area contributed by atoms with E-state index in [0.717, 1.165) is 35.1 Å². The lowest BCUT2D eigenvalue weighted by atomic mass is 9.98. The molecule has 2 aliphatic carbocycles. The fourth-order valence-corrected chi connectivity index (χ4v) is 5.94. The largest absolute Gasteiger partial charge is 0.481 e. The lowest BCUT2D eigenvalue weighted by Crippen LogP contribution is -2.48. The molecule has 35 heavy (non-hydrogen) atoms. The zero-order valence-corrected chi connectivity index (χ0v) is 19.4. The second-order valence-electron chi connectivity index (χ2n) is 9.77. The number of amides is 2. The number of carbonyl (C=O) groups excluding carboxylic acids is 2. The molecular formula is C27H30N2O6. The van der Waals surface area contributed by atoms with E-state index in [1.807, 2.05) is 36.4 Å². The van der Waals surface area contributed by atoms with Gasteiger partial charge in [-0.05, 0) is 47.4 Å². The number of aliphatic hydroxyl groups is 1. The van der Waals surface area contributed by atoms with Crippen LogP contribution < -0.4 is 5.32 Å². The highest BCUT2D eigenvalue weighted by molar-refractivity contribution is 5.86. The SMILES string of the molecule is O=C(O)CCC(NC(=O)OCC1c2ccccc2-c2ccccc21)C(=O)N1C[C@H]2CCC(O)[C@H]2C1. The van der Waals surface area contributed by atoms with Crippen molar-refractivity contribution in [3.05, 3.63) is 59.7 Å². The predicted molar refractivity (Wildman–Crippen MR) is 128 cm³/mol. The van der Waals surface area contributed by atoms with Gasteiger partial charge in [-0.3, -0.25) is 9.59 Å². The average molecular weight is 479 g/mol.